The Kier molecular flexibility index (Phi) is 31.5. The number of amides is 2. The second-order valence-corrected chi connectivity index (χ2v) is 11.8. The molecule has 0 radical (unpaired) electrons. The largest absolute Gasteiger partial charge is 0.385 e. The predicted octanol–water partition coefficient (Wildman–Crippen LogP) is 8.18. The lowest BCUT2D eigenvalue weighted by molar-refractivity contribution is -0.121. The Bertz CT molecular complexity index is 503. The monoisotopic (exact) mass is 568 g/mol. The normalized spacial score (nSPS) is 11.3. The Morgan fingerprint density at radius 1 is 0.500 bits per heavy atom. The van der Waals surface area contributed by atoms with Crippen LogP contribution in [0.4, 0.5) is 0 Å². The molecule has 6 nitrogen and oxygen atoms in total. The summed E-state index contributed by atoms with van der Waals surface area (Å²) in [6.45, 7) is 9.02. The summed E-state index contributed by atoms with van der Waals surface area (Å²) in [5.41, 5.74) is 0. The Balaban J connectivity index is 3.85. The quantitative estimate of drug-likeness (QED) is 0.0804. The van der Waals surface area contributed by atoms with Crippen molar-refractivity contribution >= 4 is 11.8 Å². The Morgan fingerprint density at radius 2 is 0.850 bits per heavy atom. The fourth-order valence-corrected chi connectivity index (χ4v) is 5.14. The third-order valence-electron chi connectivity index (χ3n) is 7.84. The first-order chi connectivity index (χ1) is 19.6. The van der Waals surface area contributed by atoms with Crippen molar-refractivity contribution < 1.29 is 14.3 Å². The number of nitrogens with one attached hydrogen (secondary N) is 2. The minimum Gasteiger partial charge on any atom is -0.385 e. The molecule has 0 atom stereocenters. The van der Waals surface area contributed by atoms with Gasteiger partial charge in [0.25, 0.3) is 0 Å². The Hall–Kier alpha value is -1.14. The highest BCUT2D eigenvalue weighted by atomic mass is 16.5. The first kappa shape index (κ1) is 38.9. The van der Waals surface area contributed by atoms with Gasteiger partial charge in [-0.25, -0.2) is 0 Å². The average Bonchev–Trinajstić information content (AvgIpc) is 2.95. The van der Waals surface area contributed by atoms with Gasteiger partial charge in [-0.2, -0.15) is 0 Å². The molecule has 2 amide bonds. The van der Waals surface area contributed by atoms with E-state index >= 15 is 0 Å². The molecule has 0 fully saturated rings. The van der Waals surface area contributed by atoms with Gasteiger partial charge < -0.3 is 20.3 Å². The van der Waals surface area contributed by atoms with E-state index < -0.39 is 0 Å². The zero-order valence-electron chi connectivity index (χ0n) is 27.2. The van der Waals surface area contributed by atoms with Crippen LogP contribution in [0.25, 0.3) is 0 Å². The first-order valence-electron chi connectivity index (χ1n) is 17.4. The molecule has 0 bridgehead atoms. The standard InChI is InChI=1S/C34H69N3O3/c1-4-6-8-10-12-14-16-18-20-22-27-35-33(38)25-30-37(29-24-32-40-3)31-26-34(39)36-28-23-21-19-17-15-13-11-9-7-5-2/h4-32H2,1-3H3,(H,35,38)(H,36,39). The third-order valence-corrected chi connectivity index (χ3v) is 7.84. The maximum atomic E-state index is 12.4. The number of hydrogen-bond acceptors (Lipinski definition) is 4. The predicted molar refractivity (Wildman–Crippen MR) is 172 cm³/mol. The summed E-state index contributed by atoms with van der Waals surface area (Å²) in [6, 6.07) is 0. The molecular weight excluding hydrogens is 498 g/mol. The van der Waals surface area contributed by atoms with E-state index in [-0.39, 0.29) is 11.8 Å². The SMILES string of the molecule is CCCCCCCCCCCCNC(=O)CCN(CCCOC)CCC(=O)NCCCCCCCCCCCC. The molecule has 0 aromatic rings. The smallest absolute Gasteiger partial charge is 0.221 e. The second-order valence-electron chi connectivity index (χ2n) is 11.8. The number of rotatable bonds is 32. The van der Waals surface area contributed by atoms with Crippen LogP contribution >= 0.6 is 0 Å². The summed E-state index contributed by atoms with van der Waals surface area (Å²) in [4.78, 5) is 27.0. The van der Waals surface area contributed by atoms with Gasteiger partial charge in [-0.3, -0.25) is 9.59 Å². The molecule has 0 saturated heterocycles. The topological polar surface area (TPSA) is 70.7 Å². The maximum Gasteiger partial charge on any atom is 0.221 e. The summed E-state index contributed by atoms with van der Waals surface area (Å²) >= 11 is 0. The van der Waals surface area contributed by atoms with E-state index in [1.807, 2.05) is 0 Å². The number of carbonyl (C=O) groups is 2. The van der Waals surface area contributed by atoms with E-state index in [1.165, 1.54) is 116 Å². The van der Waals surface area contributed by atoms with Crippen molar-refractivity contribution in [3.8, 4) is 0 Å². The molecule has 2 N–H and O–H groups in total. The van der Waals surface area contributed by atoms with Gasteiger partial charge in [-0.1, -0.05) is 129 Å². The average molecular weight is 568 g/mol. The zero-order valence-corrected chi connectivity index (χ0v) is 27.2. The van der Waals surface area contributed by atoms with E-state index in [9.17, 15) is 9.59 Å². The number of carbonyl (C=O) groups excluding carboxylic acids is 2. The molecule has 238 valence electrons. The number of nitrogens with zero attached hydrogens (tertiary/aromatic N) is 1. The van der Waals surface area contributed by atoms with Crippen molar-refractivity contribution in [3.63, 3.8) is 0 Å². The Morgan fingerprint density at radius 3 is 1.20 bits per heavy atom. The van der Waals surface area contributed by atoms with Crippen LogP contribution in [0.3, 0.4) is 0 Å². The molecule has 0 aromatic carbocycles. The fraction of sp³-hybridized carbons (Fsp3) is 0.941. The minimum atomic E-state index is 0.123. The van der Waals surface area contributed by atoms with Crippen LogP contribution in [0, 0.1) is 0 Å². The van der Waals surface area contributed by atoms with Gasteiger partial charge in [0.15, 0.2) is 0 Å². The van der Waals surface area contributed by atoms with Crippen molar-refractivity contribution in [2.24, 2.45) is 0 Å². The summed E-state index contributed by atoms with van der Waals surface area (Å²) < 4.78 is 5.20. The van der Waals surface area contributed by atoms with Crippen molar-refractivity contribution in [3.05, 3.63) is 0 Å². The molecule has 0 rings (SSSR count). The van der Waals surface area contributed by atoms with Crippen molar-refractivity contribution in [2.45, 2.75) is 162 Å². The molecule has 0 aromatic heterocycles. The van der Waals surface area contributed by atoms with Crippen molar-refractivity contribution in [1.29, 1.82) is 0 Å². The van der Waals surface area contributed by atoms with Crippen LogP contribution < -0.4 is 10.6 Å². The van der Waals surface area contributed by atoms with E-state index in [2.05, 4.69) is 29.4 Å². The molecular formula is C34H69N3O3. The molecule has 0 heterocycles. The molecule has 0 aliphatic heterocycles. The molecule has 0 unspecified atom stereocenters. The molecule has 40 heavy (non-hydrogen) atoms. The number of unbranched alkanes of at least 4 members (excludes halogenated alkanes) is 18. The lowest BCUT2D eigenvalue weighted by atomic mass is 10.1. The minimum absolute atomic E-state index is 0.123. The Labute approximate surface area is 249 Å². The van der Waals surface area contributed by atoms with Gasteiger partial charge >= 0.3 is 0 Å². The van der Waals surface area contributed by atoms with E-state index in [4.69, 9.17) is 4.74 Å². The van der Waals surface area contributed by atoms with Crippen LogP contribution in [0.15, 0.2) is 0 Å². The van der Waals surface area contributed by atoms with Gasteiger partial charge in [-0.15, -0.1) is 0 Å². The van der Waals surface area contributed by atoms with Crippen molar-refractivity contribution in [1.82, 2.24) is 15.5 Å². The lowest BCUT2D eigenvalue weighted by Gasteiger charge is -2.21. The van der Waals surface area contributed by atoms with E-state index in [0.717, 1.165) is 38.9 Å². The highest BCUT2D eigenvalue weighted by molar-refractivity contribution is 5.76. The molecule has 6 heteroatoms. The summed E-state index contributed by atoms with van der Waals surface area (Å²) in [6.07, 6.45) is 28.0. The van der Waals surface area contributed by atoms with Gasteiger partial charge in [0, 0.05) is 59.3 Å². The second kappa shape index (κ2) is 32.4. The van der Waals surface area contributed by atoms with Crippen LogP contribution in [0.1, 0.15) is 162 Å². The van der Waals surface area contributed by atoms with E-state index in [0.29, 0.717) is 32.5 Å². The molecule has 0 aliphatic rings. The highest BCUT2D eigenvalue weighted by Crippen LogP contribution is 2.11. The van der Waals surface area contributed by atoms with Gasteiger partial charge in [0.1, 0.15) is 0 Å². The van der Waals surface area contributed by atoms with Crippen LogP contribution in [0.5, 0.6) is 0 Å². The van der Waals surface area contributed by atoms with Crippen LogP contribution in [0.2, 0.25) is 0 Å². The van der Waals surface area contributed by atoms with Crippen LogP contribution in [-0.2, 0) is 14.3 Å². The highest BCUT2D eigenvalue weighted by Gasteiger charge is 2.11. The number of methoxy groups -OCH3 is 1. The van der Waals surface area contributed by atoms with Crippen molar-refractivity contribution in [2.75, 3.05) is 46.4 Å². The van der Waals surface area contributed by atoms with Gasteiger partial charge in [0.05, 0.1) is 0 Å². The molecule has 0 saturated carbocycles. The maximum absolute atomic E-state index is 12.4. The van der Waals surface area contributed by atoms with Crippen LogP contribution in [-0.4, -0.2) is 63.2 Å². The molecule has 0 spiro atoms. The summed E-state index contributed by atoms with van der Waals surface area (Å²) in [7, 11) is 1.71. The third kappa shape index (κ3) is 29.8. The first-order valence-corrected chi connectivity index (χ1v) is 17.4. The van der Waals surface area contributed by atoms with E-state index in [1.54, 1.807) is 7.11 Å². The zero-order chi connectivity index (χ0) is 29.4. The number of hydrogen-bond donors (Lipinski definition) is 2. The number of ether oxygens (including phenoxy) is 1. The molecule has 0 aliphatic carbocycles. The summed E-state index contributed by atoms with van der Waals surface area (Å²) in [5, 5.41) is 6.18. The van der Waals surface area contributed by atoms with Gasteiger partial charge in [0.2, 0.25) is 11.8 Å². The lowest BCUT2D eigenvalue weighted by Crippen LogP contribution is -2.35. The fourth-order valence-electron chi connectivity index (χ4n) is 5.14. The van der Waals surface area contributed by atoms with Gasteiger partial charge in [-0.05, 0) is 19.3 Å². The summed E-state index contributed by atoms with van der Waals surface area (Å²) in [5.74, 6) is 0.246.